The smallest absolute Gasteiger partial charge is 0.309 e. The number of hydrogen-bond acceptors (Lipinski definition) is 2. The molecule has 0 aromatic heterocycles. The minimum atomic E-state index is -0.563. The molecule has 0 spiro atoms. The molecule has 118 valence electrons. The normalized spacial score (nSPS) is 38.1. The molecule has 1 atom stereocenters. The second-order valence-corrected chi connectivity index (χ2v) is 7.80. The van der Waals surface area contributed by atoms with Crippen molar-refractivity contribution in [2.75, 3.05) is 12.4 Å². The lowest BCUT2D eigenvalue weighted by Gasteiger charge is -2.59. The average molecular weight is 313 g/mol. The molecule has 5 heteroatoms. The Morgan fingerprint density at radius 1 is 1.10 bits per heavy atom. The van der Waals surface area contributed by atoms with Crippen molar-refractivity contribution in [1.29, 1.82) is 0 Å². The number of carbonyl (C=O) groups is 2. The Kier molecular flexibility index (Phi) is 4.17. The standard InChI is InChI=1S/C16H25ClN2O2/c1-10(19-15(21)14(20)18-3-2-17)16-7-11-4-12(8-16)6-13(5-11)9-16/h10-13H,2-9H2,1H3,(H,18,20)(H,19,21). The lowest BCUT2D eigenvalue weighted by atomic mass is 9.48. The second kappa shape index (κ2) is 5.79. The van der Waals surface area contributed by atoms with Gasteiger partial charge in [-0.25, -0.2) is 0 Å². The van der Waals surface area contributed by atoms with Crippen LogP contribution in [0.1, 0.15) is 45.4 Å². The average Bonchev–Trinajstić information content (AvgIpc) is 2.43. The number of hydrogen-bond donors (Lipinski definition) is 2. The van der Waals surface area contributed by atoms with Crippen molar-refractivity contribution in [3.8, 4) is 0 Å². The molecule has 4 aliphatic carbocycles. The van der Waals surface area contributed by atoms with E-state index >= 15 is 0 Å². The maximum atomic E-state index is 12.0. The SMILES string of the molecule is CC(NC(=O)C(=O)NCCCl)C12CC3CC(CC(C3)C1)C2. The summed E-state index contributed by atoms with van der Waals surface area (Å²) < 4.78 is 0. The molecule has 4 rings (SSSR count). The van der Waals surface area contributed by atoms with Crippen LogP contribution in [0.3, 0.4) is 0 Å². The Morgan fingerprint density at radius 3 is 2.10 bits per heavy atom. The Morgan fingerprint density at radius 2 is 1.62 bits per heavy atom. The molecule has 0 radical (unpaired) electrons. The van der Waals surface area contributed by atoms with E-state index in [1.807, 2.05) is 0 Å². The molecule has 0 aliphatic heterocycles. The summed E-state index contributed by atoms with van der Waals surface area (Å²) in [6.45, 7) is 2.42. The Balaban J connectivity index is 1.61. The van der Waals surface area contributed by atoms with E-state index in [0.717, 1.165) is 17.8 Å². The van der Waals surface area contributed by atoms with Crippen LogP contribution in [0.15, 0.2) is 0 Å². The molecule has 0 aromatic carbocycles. The van der Waals surface area contributed by atoms with Crippen molar-refractivity contribution in [3.05, 3.63) is 0 Å². The molecule has 21 heavy (non-hydrogen) atoms. The molecule has 1 unspecified atom stereocenters. The van der Waals surface area contributed by atoms with Gasteiger partial charge in [0.2, 0.25) is 0 Å². The van der Waals surface area contributed by atoms with Crippen LogP contribution in [-0.2, 0) is 9.59 Å². The van der Waals surface area contributed by atoms with Crippen LogP contribution in [-0.4, -0.2) is 30.3 Å². The van der Waals surface area contributed by atoms with Crippen LogP contribution in [0, 0.1) is 23.2 Å². The summed E-state index contributed by atoms with van der Waals surface area (Å²) in [5, 5.41) is 5.48. The van der Waals surface area contributed by atoms with E-state index in [0.29, 0.717) is 12.4 Å². The van der Waals surface area contributed by atoms with Gasteiger partial charge in [0.25, 0.3) is 0 Å². The van der Waals surface area contributed by atoms with Crippen molar-refractivity contribution < 1.29 is 9.59 Å². The number of halogens is 1. The summed E-state index contributed by atoms with van der Waals surface area (Å²) in [6.07, 6.45) is 7.83. The molecule has 2 amide bonds. The minimum absolute atomic E-state index is 0.0835. The maximum absolute atomic E-state index is 12.0. The molecular formula is C16H25ClN2O2. The van der Waals surface area contributed by atoms with E-state index < -0.39 is 11.8 Å². The summed E-state index contributed by atoms with van der Waals surface area (Å²) in [4.78, 5) is 23.7. The highest BCUT2D eigenvalue weighted by Gasteiger charge is 2.53. The first kappa shape index (κ1) is 15.1. The van der Waals surface area contributed by atoms with Crippen LogP contribution in [0.5, 0.6) is 0 Å². The van der Waals surface area contributed by atoms with Crippen molar-refractivity contribution in [2.24, 2.45) is 23.2 Å². The van der Waals surface area contributed by atoms with Gasteiger partial charge in [0.15, 0.2) is 0 Å². The molecular weight excluding hydrogens is 288 g/mol. The number of nitrogens with one attached hydrogen (secondary N) is 2. The highest BCUT2D eigenvalue weighted by molar-refractivity contribution is 6.35. The van der Waals surface area contributed by atoms with Crippen LogP contribution >= 0.6 is 11.6 Å². The van der Waals surface area contributed by atoms with Gasteiger partial charge in [0.05, 0.1) is 0 Å². The summed E-state index contributed by atoms with van der Waals surface area (Å²) in [5.41, 5.74) is 0.233. The summed E-state index contributed by atoms with van der Waals surface area (Å²) in [5.74, 6) is 1.79. The van der Waals surface area contributed by atoms with Gasteiger partial charge in [-0.05, 0) is 68.6 Å². The topological polar surface area (TPSA) is 58.2 Å². The van der Waals surface area contributed by atoms with Gasteiger partial charge in [0, 0.05) is 18.5 Å². The molecule has 0 heterocycles. The fourth-order valence-corrected chi connectivity index (χ4v) is 5.46. The van der Waals surface area contributed by atoms with Gasteiger partial charge in [-0.15, -0.1) is 11.6 Å². The van der Waals surface area contributed by atoms with Crippen LogP contribution in [0.2, 0.25) is 0 Å². The zero-order valence-corrected chi connectivity index (χ0v) is 13.4. The Hall–Kier alpha value is -0.770. The highest BCUT2D eigenvalue weighted by Crippen LogP contribution is 2.61. The van der Waals surface area contributed by atoms with E-state index in [-0.39, 0.29) is 11.5 Å². The molecule has 0 saturated heterocycles. The molecule has 4 nitrogen and oxygen atoms in total. The van der Waals surface area contributed by atoms with Crippen molar-refractivity contribution in [1.82, 2.24) is 10.6 Å². The van der Waals surface area contributed by atoms with E-state index in [4.69, 9.17) is 11.6 Å². The lowest BCUT2D eigenvalue weighted by Crippen LogP contribution is -2.57. The lowest BCUT2D eigenvalue weighted by molar-refractivity contribution is -0.141. The predicted octanol–water partition coefficient (Wildman–Crippen LogP) is 2.06. The van der Waals surface area contributed by atoms with Gasteiger partial charge in [-0.2, -0.15) is 0 Å². The molecule has 4 aliphatic rings. The minimum Gasteiger partial charge on any atom is -0.347 e. The zero-order valence-electron chi connectivity index (χ0n) is 12.7. The van der Waals surface area contributed by atoms with E-state index in [9.17, 15) is 9.59 Å². The third kappa shape index (κ3) is 2.92. The zero-order chi connectivity index (χ0) is 15.0. The summed E-state index contributed by atoms with van der Waals surface area (Å²) >= 11 is 5.52. The van der Waals surface area contributed by atoms with E-state index in [2.05, 4.69) is 17.6 Å². The quantitative estimate of drug-likeness (QED) is 0.616. The number of amides is 2. The maximum Gasteiger partial charge on any atom is 0.309 e. The molecule has 2 N–H and O–H groups in total. The Labute approximate surface area is 131 Å². The summed E-state index contributed by atoms with van der Waals surface area (Å²) in [7, 11) is 0. The van der Waals surface area contributed by atoms with Crippen LogP contribution in [0.4, 0.5) is 0 Å². The first-order valence-electron chi connectivity index (χ1n) is 8.17. The monoisotopic (exact) mass is 312 g/mol. The van der Waals surface area contributed by atoms with Gasteiger partial charge in [-0.1, -0.05) is 0 Å². The first-order valence-corrected chi connectivity index (χ1v) is 8.70. The third-order valence-corrected chi connectivity index (χ3v) is 6.13. The number of alkyl halides is 1. The first-order chi connectivity index (χ1) is 10.0. The molecule has 4 fully saturated rings. The molecule has 4 saturated carbocycles. The largest absolute Gasteiger partial charge is 0.347 e. The number of carbonyl (C=O) groups excluding carboxylic acids is 2. The fraction of sp³-hybridized carbons (Fsp3) is 0.875. The molecule has 0 aromatic rings. The fourth-order valence-electron chi connectivity index (χ4n) is 5.36. The van der Waals surface area contributed by atoms with Gasteiger partial charge in [0.1, 0.15) is 0 Å². The molecule has 4 bridgehead atoms. The van der Waals surface area contributed by atoms with Crippen molar-refractivity contribution >= 4 is 23.4 Å². The van der Waals surface area contributed by atoms with E-state index in [1.165, 1.54) is 38.5 Å². The van der Waals surface area contributed by atoms with Crippen molar-refractivity contribution in [2.45, 2.75) is 51.5 Å². The van der Waals surface area contributed by atoms with Crippen LogP contribution in [0.25, 0.3) is 0 Å². The number of rotatable bonds is 4. The summed E-state index contributed by atoms with van der Waals surface area (Å²) in [6, 6.07) is 0.0835. The third-order valence-electron chi connectivity index (χ3n) is 5.94. The Bertz CT molecular complexity index is 403. The van der Waals surface area contributed by atoms with Gasteiger partial charge >= 0.3 is 11.8 Å². The van der Waals surface area contributed by atoms with Crippen LogP contribution < -0.4 is 10.6 Å². The second-order valence-electron chi connectivity index (χ2n) is 7.42. The predicted molar refractivity (Wildman–Crippen MR) is 81.9 cm³/mol. The van der Waals surface area contributed by atoms with Crippen molar-refractivity contribution in [3.63, 3.8) is 0 Å². The van der Waals surface area contributed by atoms with Gasteiger partial charge < -0.3 is 10.6 Å². The highest BCUT2D eigenvalue weighted by atomic mass is 35.5. The van der Waals surface area contributed by atoms with Gasteiger partial charge in [-0.3, -0.25) is 9.59 Å². The van der Waals surface area contributed by atoms with E-state index in [1.54, 1.807) is 0 Å².